The van der Waals surface area contributed by atoms with E-state index in [0.717, 1.165) is 38.5 Å². The first kappa shape index (κ1) is 25.3. The molecule has 0 aliphatic rings. The van der Waals surface area contributed by atoms with Crippen LogP contribution in [0.1, 0.15) is 64.7 Å². The van der Waals surface area contributed by atoms with Gasteiger partial charge in [0.05, 0.1) is 18.3 Å². The highest BCUT2D eigenvalue weighted by atomic mass is 16.4. The fraction of sp³-hybridized carbons (Fsp3) is 0.591. The Morgan fingerprint density at radius 3 is 2.19 bits per heavy atom. The van der Waals surface area contributed by atoms with Crippen LogP contribution in [0.5, 0.6) is 0 Å². The molecule has 5 heteroatoms. The van der Waals surface area contributed by atoms with Crippen molar-refractivity contribution in [3.8, 4) is 0 Å². The molecule has 27 heavy (non-hydrogen) atoms. The minimum atomic E-state index is -1.01. The van der Waals surface area contributed by atoms with Gasteiger partial charge in [0, 0.05) is 6.42 Å². The van der Waals surface area contributed by atoms with Gasteiger partial charge >= 0.3 is 5.97 Å². The van der Waals surface area contributed by atoms with Crippen molar-refractivity contribution in [3.05, 3.63) is 48.6 Å². The predicted octanol–water partition coefficient (Wildman–Crippen LogP) is 3.91. The van der Waals surface area contributed by atoms with Crippen LogP contribution in [-0.2, 0) is 4.79 Å². The van der Waals surface area contributed by atoms with Gasteiger partial charge < -0.3 is 20.4 Å². The molecular weight excluding hydrogens is 344 g/mol. The molecule has 0 spiro atoms. The fourth-order valence-electron chi connectivity index (χ4n) is 2.35. The standard InChI is InChI=1S/C22H36O5/c1-2-3-11-14-19(23)15-12-9-7-5-4-6-8-10-13-16-20(24)21(25)17-18-22(26)27/h4,6-7,9-10,12-13,15,19-21,23-25H,2-3,5,8,11,14,16-18H2,1H3,(H,26,27). The van der Waals surface area contributed by atoms with E-state index in [-0.39, 0.29) is 18.9 Å². The highest BCUT2D eigenvalue weighted by molar-refractivity contribution is 5.66. The molecule has 0 aromatic carbocycles. The van der Waals surface area contributed by atoms with Gasteiger partial charge in [-0.1, -0.05) is 74.8 Å². The van der Waals surface area contributed by atoms with E-state index in [4.69, 9.17) is 5.11 Å². The van der Waals surface area contributed by atoms with Crippen LogP contribution in [0.2, 0.25) is 0 Å². The summed E-state index contributed by atoms with van der Waals surface area (Å²) in [6, 6.07) is 0. The van der Waals surface area contributed by atoms with Crippen LogP contribution in [0.3, 0.4) is 0 Å². The molecule has 3 unspecified atom stereocenters. The largest absolute Gasteiger partial charge is 0.481 e. The Kier molecular flexibility index (Phi) is 16.6. The number of rotatable bonds is 16. The summed E-state index contributed by atoms with van der Waals surface area (Å²) in [5.74, 6) is -0.977. The van der Waals surface area contributed by atoms with Gasteiger partial charge in [0.1, 0.15) is 0 Å². The number of carboxylic acid groups (broad SMARTS) is 1. The van der Waals surface area contributed by atoms with E-state index >= 15 is 0 Å². The summed E-state index contributed by atoms with van der Waals surface area (Å²) < 4.78 is 0. The van der Waals surface area contributed by atoms with Crippen molar-refractivity contribution in [2.24, 2.45) is 0 Å². The highest BCUT2D eigenvalue weighted by Gasteiger charge is 2.15. The first-order valence-corrected chi connectivity index (χ1v) is 9.86. The van der Waals surface area contributed by atoms with Crippen LogP contribution in [0.4, 0.5) is 0 Å². The Morgan fingerprint density at radius 2 is 1.52 bits per heavy atom. The second-order valence-corrected chi connectivity index (χ2v) is 6.59. The van der Waals surface area contributed by atoms with E-state index in [1.54, 1.807) is 6.08 Å². The average Bonchev–Trinajstić information content (AvgIpc) is 2.64. The van der Waals surface area contributed by atoms with Gasteiger partial charge in [-0.05, 0) is 32.1 Å². The molecule has 0 bridgehead atoms. The van der Waals surface area contributed by atoms with Gasteiger partial charge in [-0.15, -0.1) is 0 Å². The zero-order valence-electron chi connectivity index (χ0n) is 16.4. The lowest BCUT2D eigenvalue weighted by molar-refractivity contribution is -0.138. The summed E-state index contributed by atoms with van der Waals surface area (Å²) in [5, 5.41) is 37.6. The molecule has 0 saturated heterocycles. The topological polar surface area (TPSA) is 98.0 Å². The molecular formula is C22H36O5. The lowest BCUT2D eigenvalue weighted by Gasteiger charge is -2.14. The maximum Gasteiger partial charge on any atom is 0.303 e. The third kappa shape index (κ3) is 17.5. The Bertz CT molecular complexity index is 479. The summed E-state index contributed by atoms with van der Waals surface area (Å²) in [6.07, 6.45) is 19.0. The number of aliphatic hydroxyl groups excluding tert-OH is 3. The van der Waals surface area contributed by atoms with E-state index in [1.165, 1.54) is 0 Å². The van der Waals surface area contributed by atoms with Crippen LogP contribution >= 0.6 is 0 Å². The lowest BCUT2D eigenvalue weighted by atomic mass is 10.1. The molecule has 0 saturated carbocycles. The number of aliphatic hydroxyl groups is 3. The van der Waals surface area contributed by atoms with Crippen molar-refractivity contribution in [1.29, 1.82) is 0 Å². The molecule has 0 fully saturated rings. The molecule has 0 rings (SSSR count). The Hall–Kier alpha value is -1.69. The monoisotopic (exact) mass is 380 g/mol. The molecule has 4 N–H and O–H groups in total. The summed E-state index contributed by atoms with van der Waals surface area (Å²) in [7, 11) is 0. The minimum Gasteiger partial charge on any atom is -0.481 e. The zero-order chi connectivity index (χ0) is 20.3. The van der Waals surface area contributed by atoms with Crippen LogP contribution in [0.15, 0.2) is 48.6 Å². The number of hydrogen-bond donors (Lipinski definition) is 4. The molecule has 0 aliphatic heterocycles. The van der Waals surface area contributed by atoms with E-state index < -0.39 is 18.2 Å². The lowest BCUT2D eigenvalue weighted by Crippen LogP contribution is -2.25. The average molecular weight is 381 g/mol. The number of carboxylic acids is 1. The number of hydrogen-bond acceptors (Lipinski definition) is 4. The Balaban J connectivity index is 3.78. The number of unbranched alkanes of at least 4 members (excludes halogenated alkanes) is 2. The fourth-order valence-corrected chi connectivity index (χ4v) is 2.35. The molecule has 154 valence electrons. The molecule has 0 aliphatic carbocycles. The SMILES string of the molecule is CCCCCC(O)C=CC=CCC=CCC=CCC(O)C(O)CCC(=O)O. The van der Waals surface area contributed by atoms with Crippen LogP contribution < -0.4 is 0 Å². The predicted molar refractivity (Wildman–Crippen MR) is 109 cm³/mol. The van der Waals surface area contributed by atoms with Gasteiger partial charge in [-0.3, -0.25) is 4.79 Å². The molecule has 0 aromatic heterocycles. The third-order valence-corrected chi connectivity index (χ3v) is 4.04. The van der Waals surface area contributed by atoms with Gasteiger partial charge in [0.25, 0.3) is 0 Å². The summed E-state index contributed by atoms with van der Waals surface area (Å²) in [6.45, 7) is 2.15. The van der Waals surface area contributed by atoms with Gasteiger partial charge in [-0.2, -0.15) is 0 Å². The van der Waals surface area contributed by atoms with E-state index in [1.807, 2.05) is 42.5 Å². The molecule has 0 amide bonds. The molecule has 0 heterocycles. The maximum absolute atomic E-state index is 10.4. The molecule has 0 radical (unpaired) electrons. The Labute approximate surface area is 163 Å². The minimum absolute atomic E-state index is 0.0563. The number of allylic oxidation sites excluding steroid dienone is 6. The second-order valence-electron chi connectivity index (χ2n) is 6.59. The maximum atomic E-state index is 10.4. The van der Waals surface area contributed by atoms with Crippen LogP contribution in [0, 0.1) is 0 Å². The van der Waals surface area contributed by atoms with Gasteiger partial charge in [0.15, 0.2) is 0 Å². The normalized spacial score (nSPS) is 16.0. The number of carbonyl (C=O) groups is 1. The molecule has 3 atom stereocenters. The van der Waals surface area contributed by atoms with Gasteiger partial charge in [-0.25, -0.2) is 0 Å². The van der Waals surface area contributed by atoms with Crippen molar-refractivity contribution < 1.29 is 25.2 Å². The summed E-state index contributed by atoms with van der Waals surface area (Å²) >= 11 is 0. The van der Waals surface area contributed by atoms with Crippen molar-refractivity contribution in [2.45, 2.75) is 83.0 Å². The first-order chi connectivity index (χ1) is 13.0. The van der Waals surface area contributed by atoms with E-state index in [2.05, 4.69) is 6.92 Å². The van der Waals surface area contributed by atoms with Crippen molar-refractivity contribution in [1.82, 2.24) is 0 Å². The number of aliphatic carboxylic acids is 1. The second kappa shape index (κ2) is 17.7. The van der Waals surface area contributed by atoms with Crippen LogP contribution in [-0.4, -0.2) is 44.7 Å². The summed E-state index contributed by atoms with van der Waals surface area (Å²) in [4.78, 5) is 10.4. The zero-order valence-corrected chi connectivity index (χ0v) is 16.4. The van der Waals surface area contributed by atoms with Crippen molar-refractivity contribution >= 4 is 5.97 Å². The third-order valence-electron chi connectivity index (χ3n) is 4.04. The molecule has 5 nitrogen and oxygen atoms in total. The van der Waals surface area contributed by atoms with E-state index in [9.17, 15) is 20.1 Å². The van der Waals surface area contributed by atoms with Gasteiger partial charge in [0.2, 0.25) is 0 Å². The van der Waals surface area contributed by atoms with E-state index in [0.29, 0.717) is 6.42 Å². The quantitative estimate of drug-likeness (QED) is 0.185. The highest BCUT2D eigenvalue weighted by Crippen LogP contribution is 2.07. The summed E-state index contributed by atoms with van der Waals surface area (Å²) in [5.41, 5.74) is 0. The smallest absolute Gasteiger partial charge is 0.303 e. The van der Waals surface area contributed by atoms with Crippen LogP contribution in [0.25, 0.3) is 0 Å². The molecule has 0 aromatic rings. The van der Waals surface area contributed by atoms with Crippen molar-refractivity contribution in [2.75, 3.05) is 0 Å². The van der Waals surface area contributed by atoms with Crippen molar-refractivity contribution in [3.63, 3.8) is 0 Å². The Morgan fingerprint density at radius 1 is 0.852 bits per heavy atom. The first-order valence-electron chi connectivity index (χ1n) is 9.86.